The monoisotopic (exact) mass is 528 g/mol. The number of aromatic nitrogens is 3. The molecule has 0 radical (unpaired) electrons. The number of ether oxygens (including phenoxy) is 2. The molecule has 9 heteroatoms. The number of hydrogen-bond acceptors (Lipinski definition) is 8. The summed E-state index contributed by atoms with van der Waals surface area (Å²) in [4.78, 5) is 16.0. The molecule has 39 heavy (non-hydrogen) atoms. The molecule has 4 N–H and O–H groups in total. The molecule has 3 aromatic carbocycles. The van der Waals surface area contributed by atoms with Crippen LogP contribution in [0.5, 0.6) is 0 Å². The van der Waals surface area contributed by atoms with Crippen molar-refractivity contribution in [2.75, 3.05) is 12.3 Å². The number of nitrogens with zero attached hydrogens (tertiary/aromatic N) is 3. The highest BCUT2D eigenvalue weighted by Crippen LogP contribution is 2.42. The molecular formula is C30H32N4O5. The lowest BCUT2D eigenvalue weighted by Gasteiger charge is -2.37. The molecule has 0 aliphatic carbocycles. The maximum Gasteiger partial charge on any atom is 0.368 e. The van der Waals surface area contributed by atoms with Gasteiger partial charge in [0.25, 0.3) is 0 Å². The van der Waals surface area contributed by atoms with Gasteiger partial charge in [-0.15, -0.1) is 0 Å². The first-order valence-electron chi connectivity index (χ1n) is 12.8. The predicted octanol–water partition coefficient (Wildman–Crippen LogP) is 2.77. The number of nitrogens with two attached hydrogens (primary N) is 1. The molecule has 1 saturated heterocycles. The lowest BCUT2D eigenvalue weighted by Crippen LogP contribution is -2.40. The van der Waals surface area contributed by atoms with Crippen molar-refractivity contribution < 1.29 is 19.7 Å². The van der Waals surface area contributed by atoms with E-state index in [9.17, 15) is 15.0 Å². The van der Waals surface area contributed by atoms with Gasteiger partial charge in [0.1, 0.15) is 29.7 Å². The van der Waals surface area contributed by atoms with E-state index in [1.165, 1.54) is 6.20 Å². The fraction of sp³-hybridized carbons (Fsp3) is 0.300. The highest BCUT2D eigenvalue weighted by molar-refractivity contribution is 5.49. The third-order valence-corrected chi connectivity index (χ3v) is 7.15. The molecule has 4 atom stereocenters. The van der Waals surface area contributed by atoms with E-state index < -0.39 is 35.8 Å². The largest absolute Gasteiger partial charge is 0.387 e. The van der Waals surface area contributed by atoms with E-state index in [1.54, 1.807) is 0 Å². The molecule has 0 unspecified atom stereocenters. The Kier molecular flexibility index (Phi) is 7.33. The van der Waals surface area contributed by atoms with Gasteiger partial charge in [0.05, 0.1) is 12.8 Å². The Morgan fingerprint density at radius 3 is 1.74 bits per heavy atom. The second-order valence-electron chi connectivity index (χ2n) is 10.0. The van der Waals surface area contributed by atoms with E-state index in [0.717, 1.165) is 38.1 Å². The number of aliphatic hydroxyl groups excluding tert-OH is 2. The number of benzene rings is 3. The standard InChI is InChI=1S/C30H32N4O5/c1-18-4-10-21(11-5-18)30(22-12-6-19(2)7-13-22,23-14-8-20(3)9-15-23)38-17-24-26(35)27(36)28(39-24)34-29(37)33-25(31)16-32-34/h4-16,24,26-28,35-36H,17H2,1-3H3,(H2,31,33,37)/t24-,26+,27-,28+/m0/s1. The molecule has 0 saturated carbocycles. The molecule has 2 heterocycles. The molecule has 1 aliphatic heterocycles. The molecular weight excluding hydrogens is 496 g/mol. The van der Waals surface area contributed by atoms with Crippen molar-refractivity contribution in [3.05, 3.63) is 123 Å². The molecule has 1 aliphatic rings. The second-order valence-corrected chi connectivity index (χ2v) is 10.0. The summed E-state index contributed by atoms with van der Waals surface area (Å²) in [7, 11) is 0. The zero-order chi connectivity index (χ0) is 27.7. The molecule has 9 nitrogen and oxygen atoms in total. The number of aryl methyl sites for hydroxylation is 3. The van der Waals surface area contributed by atoms with Crippen LogP contribution in [0.2, 0.25) is 0 Å². The number of rotatable bonds is 7. The SMILES string of the molecule is Cc1ccc(C(OC[C@@H]2O[C@@H](n3ncc(N)nc3=O)[C@@H](O)[C@@H]2O)(c2ccc(C)cc2)c2ccc(C)cc2)cc1. The van der Waals surface area contributed by atoms with Crippen LogP contribution in [-0.4, -0.2) is 49.9 Å². The van der Waals surface area contributed by atoms with Crippen molar-refractivity contribution in [2.24, 2.45) is 0 Å². The first-order chi connectivity index (χ1) is 18.7. The van der Waals surface area contributed by atoms with Crippen LogP contribution in [0.1, 0.15) is 39.6 Å². The Morgan fingerprint density at radius 2 is 1.31 bits per heavy atom. The molecule has 0 amide bonds. The number of aliphatic hydroxyl groups is 2. The zero-order valence-electron chi connectivity index (χ0n) is 22.1. The van der Waals surface area contributed by atoms with Crippen LogP contribution < -0.4 is 11.4 Å². The van der Waals surface area contributed by atoms with Gasteiger partial charge >= 0.3 is 5.69 Å². The average Bonchev–Trinajstić information content (AvgIpc) is 3.20. The van der Waals surface area contributed by atoms with Gasteiger partial charge in [-0.1, -0.05) is 89.5 Å². The lowest BCUT2D eigenvalue weighted by molar-refractivity contribution is -0.0988. The van der Waals surface area contributed by atoms with Crippen LogP contribution in [-0.2, 0) is 15.1 Å². The summed E-state index contributed by atoms with van der Waals surface area (Å²) < 4.78 is 13.6. The van der Waals surface area contributed by atoms with E-state index in [2.05, 4.69) is 10.1 Å². The fourth-order valence-corrected chi connectivity index (χ4v) is 4.93. The maximum atomic E-state index is 12.3. The van der Waals surface area contributed by atoms with Gasteiger partial charge in [0.15, 0.2) is 6.23 Å². The van der Waals surface area contributed by atoms with E-state index >= 15 is 0 Å². The highest BCUT2D eigenvalue weighted by Gasteiger charge is 2.47. The minimum absolute atomic E-state index is 0.0526. The summed E-state index contributed by atoms with van der Waals surface area (Å²) in [5.41, 5.74) is 9.70. The van der Waals surface area contributed by atoms with Gasteiger partial charge in [0.2, 0.25) is 0 Å². The van der Waals surface area contributed by atoms with Crippen molar-refractivity contribution >= 4 is 5.82 Å². The number of hydrogen-bond donors (Lipinski definition) is 3. The van der Waals surface area contributed by atoms with Crippen LogP contribution >= 0.6 is 0 Å². The minimum atomic E-state index is -1.43. The van der Waals surface area contributed by atoms with Crippen molar-refractivity contribution in [3.63, 3.8) is 0 Å². The van der Waals surface area contributed by atoms with Gasteiger partial charge < -0.3 is 25.4 Å². The highest BCUT2D eigenvalue weighted by atomic mass is 16.6. The van der Waals surface area contributed by atoms with E-state index in [4.69, 9.17) is 15.2 Å². The topological polar surface area (TPSA) is 133 Å². The number of anilines is 1. The Bertz CT molecular complexity index is 1380. The van der Waals surface area contributed by atoms with Gasteiger partial charge in [0, 0.05) is 0 Å². The summed E-state index contributed by atoms with van der Waals surface area (Å²) >= 11 is 0. The summed E-state index contributed by atoms with van der Waals surface area (Å²) in [5.74, 6) is -0.0526. The van der Waals surface area contributed by atoms with E-state index in [1.807, 2.05) is 93.6 Å². The van der Waals surface area contributed by atoms with Crippen LogP contribution in [0.4, 0.5) is 5.82 Å². The number of nitrogen functional groups attached to an aromatic ring is 1. The first-order valence-corrected chi connectivity index (χ1v) is 12.8. The Labute approximate surface area is 226 Å². The van der Waals surface area contributed by atoms with Gasteiger partial charge in [-0.25, -0.2) is 4.79 Å². The lowest BCUT2D eigenvalue weighted by atomic mass is 9.79. The normalized spacial score (nSPS) is 21.3. The Hall–Kier alpha value is -3.89. The van der Waals surface area contributed by atoms with Crippen LogP contribution in [0.15, 0.2) is 83.8 Å². The van der Waals surface area contributed by atoms with Crippen molar-refractivity contribution in [1.82, 2.24) is 14.8 Å². The van der Waals surface area contributed by atoms with E-state index in [-0.39, 0.29) is 12.4 Å². The summed E-state index contributed by atoms with van der Waals surface area (Å²) in [6.45, 7) is 5.98. The van der Waals surface area contributed by atoms with Gasteiger partial charge in [-0.3, -0.25) is 0 Å². The summed E-state index contributed by atoms with van der Waals surface area (Å²) in [5, 5.41) is 25.6. The Balaban J connectivity index is 1.56. The van der Waals surface area contributed by atoms with Crippen LogP contribution in [0, 0.1) is 20.8 Å². The van der Waals surface area contributed by atoms with Crippen LogP contribution in [0.25, 0.3) is 0 Å². The summed E-state index contributed by atoms with van der Waals surface area (Å²) in [6, 6.07) is 24.4. The smallest absolute Gasteiger partial charge is 0.368 e. The van der Waals surface area contributed by atoms with Crippen LogP contribution in [0.3, 0.4) is 0 Å². The first kappa shape index (κ1) is 26.7. The molecule has 0 bridgehead atoms. The molecule has 1 fully saturated rings. The van der Waals surface area contributed by atoms with Crippen molar-refractivity contribution in [1.29, 1.82) is 0 Å². The molecule has 202 valence electrons. The third kappa shape index (κ3) is 5.09. The molecule has 4 aromatic rings. The predicted molar refractivity (Wildman–Crippen MR) is 146 cm³/mol. The third-order valence-electron chi connectivity index (χ3n) is 7.15. The molecule has 1 aromatic heterocycles. The molecule has 0 spiro atoms. The minimum Gasteiger partial charge on any atom is -0.387 e. The summed E-state index contributed by atoms with van der Waals surface area (Å²) in [6.07, 6.45) is -3.79. The van der Waals surface area contributed by atoms with E-state index in [0.29, 0.717) is 0 Å². The Morgan fingerprint density at radius 1 is 0.846 bits per heavy atom. The fourth-order valence-electron chi connectivity index (χ4n) is 4.93. The average molecular weight is 529 g/mol. The van der Waals surface area contributed by atoms with Gasteiger partial charge in [-0.2, -0.15) is 14.8 Å². The zero-order valence-corrected chi connectivity index (χ0v) is 22.1. The van der Waals surface area contributed by atoms with Crippen molar-refractivity contribution in [2.45, 2.75) is 50.9 Å². The van der Waals surface area contributed by atoms with Crippen molar-refractivity contribution in [3.8, 4) is 0 Å². The maximum absolute atomic E-state index is 12.3. The molecule has 5 rings (SSSR count). The quantitative estimate of drug-likeness (QED) is 0.312. The second kappa shape index (κ2) is 10.7. The van der Waals surface area contributed by atoms with Gasteiger partial charge in [-0.05, 0) is 37.5 Å².